The molecule has 0 fully saturated rings. The molecule has 0 radical (unpaired) electrons. The number of benzene rings is 1. The predicted molar refractivity (Wildman–Crippen MR) is 65.9 cm³/mol. The molecule has 1 aromatic carbocycles. The lowest BCUT2D eigenvalue weighted by Crippen LogP contribution is -2.05. The lowest BCUT2D eigenvalue weighted by atomic mass is 10.2. The van der Waals surface area contributed by atoms with Gasteiger partial charge >= 0.3 is 0 Å². The summed E-state index contributed by atoms with van der Waals surface area (Å²) >= 11 is 12.5. The zero-order valence-electron chi connectivity index (χ0n) is 7.43. The van der Waals surface area contributed by atoms with Gasteiger partial charge in [0.2, 0.25) is 0 Å². The molecule has 0 amide bonds. The third-order valence-corrected chi connectivity index (χ3v) is 3.02. The van der Waals surface area contributed by atoms with Gasteiger partial charge in [-0.3, -0.25) is 0 Å². The van der Waals surface area contributed by atoms with Crippen LogP contribution in [0.15, 0.2) is 18.2 Å². The van der Waals surface area contributed by atoms with Gasteiger partial charge in [-0.1, -0.05) is 36.0 Å². The molecule has 13 heavy (non-hydrogen) atoms. The summed E-state index contributed by atoms with van der Waals surface area (Å²) in [4.78, 5) is 0. The van der Waals surface area contributed by atoms with Gasteiger partial charge in [0, 0.05) is 0 Å². The van der Waals surface area contributed by atoms with E-state index in [0.717, 1.165) is 15.6 Å². The molecule has 1 nitrogen and oxygen atoms in total. The standard InChI is InChI=1S/C9H10ClNS2/c1-6-4-3-5-7(10)8(6)11-9(12)13-2/h3-5H,1-2H3,(H,11,12). The van der Waals surface area contributed by atoms with Crippen molar-refractivity contribution in [1.29, 1.82) is 0 Å². The number of thioether (sulfide) groups is 1. The Bertz CT molecular complexity index is 305. The number of hydrogen-bond donors (Lipinski definition) is 1. The van der Waals surface area contributed by atoms with Gasteiger partial charge < -0.3 is 5.32 Å². The van der Waals surface area contributed by atoms with Gasteiger partial charge in [-0.2, -0.15) is 0 Å². The first-order valence-corrected chi connectivity index (χ1v) is 5.76. The Morgan fingerprint density at radius 1 is 1.54 bits per heavy atom. The fourth-order valence-corrected chi connectivity index (χ4v) is 1.52. The molecule has 0 heterocycles. The van der Waals surface area contributed by atoms with E-state index in [1.54, 1.807) is 0 Å². The fourth-order valence-electron chi connectivity index (χ4n) is 0.943. The molecule has 0 atom stereocenters. The molecular weight excluding hydrogens is 222 g/mol. The molecule has 0 spiro atoms. The Hall–Kier alpha value is -0.250. The maximum absolute atomic E-state index is 6.00. The second-order valence-corrected chi connectivity index (χ2v) is 4.44. The number of aryl methyl sites for hydroxylation is 1. The Morgan fingerprint density at radius 2 is 2.23 bits per heavy atom. The maximum Gasteiger partial charge on any atom is 0.137 e. The molecule has 0 aromatic heterocycles. The molecule has 70 valence electrons. The van der Waals surface area contributed by atoms with Crippen molar-refractivity contribution in [3.05, 3.63) is 28.8 Å². The van der Waals surface area contributed by atoms with Gasteiger partial charge in [-0.25, -0.2) is 0 Å². The first kappa shape index (κ1) is 10.8. The Labute approximate surface area is 92.9 Å². The van der Waals surface area contributed by atoms with Crippen molar-refractivity contribution in [3.8, 4) is 0 Å². The summed E-state index contributed by atoms with van der Waals surface area (Å²) in [6.45, 7) is 2.00. The number of para-hydroxylation sites is 1. The van der Waals surface area contributed by atoms with Crippen molar-refractivity contribution in [2.24, 2.45) is 0 Å². The lowest BCUT2D eigenvalue weighted by Gasteiger charge is -2.10. The minimum atomic E-state index is 0.705. The second-order valence-electron chi connectivity index (χ2n) is 2.55. The summed E-state index contributed by atoms with van der Waals surface area (Å²) in [5, 5.41) is 3.80. The van der Waals surface area contributed by atoms with E-state index in [1.807, 2.05) is 31.4 Å². The highest BCUT2D eigenvalue weighted by Crippen LogP contribution is 2.25. The quantitative estimate of drug-likeness (QED) is 0.741. The molecule has 0 unspecified atom stereocenters. The summed E-state index contributed by atoms with van der Waals surface area (Å²) in [6, 6.07) is 5.77. The molecule has 1 N–H and O–H groups in total. The van der Waals surface area contributed by atoms with Crippen LogP contribution in [-0.2, 0) is 0 Å². The highest BCUT2D eigenvalue weighted by atomic mass is 35.5. The zero-order chi connectivity index (χ0) is 9.84. The van der Waals surface area contributed by atoms with Crippen LogP contribution in [0.3, 0.4) is 0 Å². The molecule has 0 saturated heterocycles. The minimum absolute atomic E-state index is 0.705. The number of halogens is 1. The van der Waals surface area contributed by atoms with E-state index in [1.165, 1.54) is 11.8 Å². The number of anilines is 1. The van der Waals surface area contributed by atoms with Crippen molar-refractivity contribution < 1.29 is 0 Å². The van der Waals surface area contributed by atoms with Crippen LogP contribution in [0.5, 0.6) is 0 Å². The van der Waals surface area contributed by atoms with Crippen LogP contribution in [0, 0.1) is 6.92 Å². The van der Waals surface area contributed by atoms with Crippen molar-refractivity contribution >= 4 is 45.6 Å². The monoisotopic (exact) mass is 231 g/mol. The van der Waals surface area contributed by atoms with E-state index in [9.17, 15) is 0 Å². The largest absolute Gasteiger partial charge is 0.340 e. The zero-order valence-corrected chi connectivity index (χ0v) is 9.82. The van der Waals surface area contributed by atoms with Gasteiger partial charge in [0.1, 0.15) is 4.32 Å². The fraction of sp³-hybridized carbons (Fsp3) is 0.222. The molecular formula is C9H10ClNS2. The minimum Gasteiger partial charge on any atom is -0.340 e. The first-order valence-electron chi connectivity index (χ1n) is 3.75. The average Bonchev–Trinajstić information content (AvgIpc) is 2.11. The molecule has 4 heteroatoms. The normalized spacial score (nSPS) is 9.77. The second kappa shape index (κ2) is 4.84. The van der Waals surface area contributed by atoms with E-state index in [2.05, 4.69) is 5.32 Å². The van der Waals surface area contributed by atoms with Crippen molar-refractivity contribution in [2.45, 2.75) is 6.92 Å². The molecule has 1 rings (SSSR count). The van der Waals surface area contributed by atoms with E-state index in [-0.39, 0.29) is 0 Å². The van der Waals surface area contributed by atoms with Gasteiger partial charge in [0.25, 0.3) is 0 Å². The van der Waals surface area contributed by atoms with Gasteiger partial charge in [0.05, 0.1) is 10.7 Å². The van der Waals surface area contributed by atoms with E-state index in [0.29, 0.717) is 5.02 Å². The molecule has 0 aliphatic heterocycles. The van der Waals surface area contributed by atoms with Crippen LogP contribution in [-0.4, -0.2) is 10.6 Å². The topological polar surface area (TPSA) is 12.0 Å². The summed E-state index contributed by atoms with van der Waals surface area (Å²) < 4.78 is 0.733. The first-order chi connectivity index (χ1) is 6.15. The van der Waals surface area contributed by atoms with Crippen LogP contribution in [0.2, 0.25) is 5.02 Å². The summed E-state index contributed by atoms with van der Waals surface area (Å²) in [5.74, 6) is 0. The lowest BCUT2D eigenvalue weighted by molar-refractivity contribution is 1.46. The number of nitrogens with one attached hydrogen (secondary N) is 1. The van der Waals surface area contributed by atoms with Gasteiger partial charge in [-0.05, 0) is 24.8 Å². The predicted octanol–water partition coefficient (Wildman–Crippen LogP) is 3.71. The van der Waals surface area contributed by atoms with Crippen LogP contribution in [0.1, 0.15) is 5.56 Å². The van der Waals surface area contributed by atoms with Crippen molar-refractivity contribution in [2.75, 3.05) is 11.6 Å². The van der Waals surface area contributed by atoms with Gasteiger partial charge in [0.15, 0.2) is 0 Å². The number of thiocarbonyl (C=S) groups is 1. The Balaban J connectivity index is 2.93. The average molecular weight is 232 g/mol. The van der Waals surface area contributed by atoms with E-state index in [4.69, 9.17) is 23.8 Å². The van der Waals surface area contributed by atoms with Gasteiger partial charge in [-0.15, -0.1) is 11.8 Å². The van der Waals surface area contributed by atoms with Crippen LogP contribution < -0.4 is 5.32 Å². The smallest absolute Gasteiger partial charge is 0.137 e. The molecule has 0 saturated carbocycles. The Kier molecular flexibility index (Phi) is 4.03. The SMILES string of the molecule is CSC(=S)Nc1c(C)cccc1Cl. The highest BCUT2D eigenvalue weighted by molar-refractivity contribution is 8.22. The third-order valence-electron chi connectivity index (χ3n) is 1.63. The van der Waals surface area contributed by atoms with E-state index >= 15 is 0 Å². The molecule has 0 aliphatic rings. The number of rotatable bonds is 1. The Morgan fingerprint density at radius 3 is 2.77 bits per heavy atom. The summed E-state index contributed by atoms with van der Waals surface area (Å²) in [6.07, 6.45) is 1.93. The maximum atomic E-state index is 6.00. The van der Waals surface area contributed by atoms with Crippen LogP contribution in [0.4, 0.5) is 5.69 Å². The van der Waals surface area contributed by atoms with Crippen LogP contribution >= 0.6 is 35.6 Å². The van der Waals surface area contributed by atoms with E-state index < -0.39 is 0 Å². The molecule has 0 bridgehead atoms. The highest BCUT2D eigenvalue weighted by Gasteiger charge is 2.03. The number of hydrogen-bond acceptors (Lipinski definition) is 2. The third kappa shape index (κ3) is 2.86. The van der Waals surface area contributed by atoms with Crippen molar-refractivity contribution in [1.82, 2.24) is 0 Å². The summed E-state index contributed by atoms with van der Waals surface area (Å²) in [7, 11) is 0. The molecule has 0 aliphatic carbocycles. The summed E-state index contributed by atoms with van der Waals surface area (Å²) in [5.41, 5.74) is 2.01. The van der Waals surface area contributed by atoms with Crippen molar-refractivity contribution in [3.63, 3.8) is 0 Å². The van der Waals surface area contributed by atoms with Crippen LogP contribution in [0.25, 0.3) is 0 Å². The molecule has 1 aromatic rings.